The van der Waals surface area contributed by atoms with Crippen LogP contribution < -0.4 is 10.3 Å². The molecule has 0 aromatic carbocycles. The van der Waals surface area contributed by atoms with E-state index in [1.165, 1.54) is 10.8 Å². The summed E-state index contributed by atoms with van der Waals surface area (Å²) in [7, 11) is -1.76. The summed E-state index contributed by atoms with van der Waals surface area (Å²) in [5.41, 5.74) is 5.44. The van der Waals surface area contributed by atoms with Crippen LogP contribution in [0.25, 0.3) is 0 Å². The number of phosphoric ester groups is 1. The zero-order chi connectivity index (χ0) is 16.9. The van der Waals surface area contributed by atoms with Crippen molar-refractivity contribution >= 4 is 13.7 Å². The van der Waals surface area contributed by atoms with Gasteiger partial charge in [-0.05, 0) is 6.07 Å². The van der Waals surface area contributed by atoms with Crippen molar-refractivity contribution in [3.8, 4) is 0 Å². The topological polar surface area (TPSA) is 163 Å². The Morgan fingerprint density at radius 2 is 2.09 bits per heavy atom. The van der Waals surface area contributed by atoms with Crippen LogP contribution in [0.1, 0.15) is 16.6 Å². The summed E-state index contributed by atoms with van der Waals surface area (Å²) in [6.07, 6.45) is 0.242. The maximum atomic E-state index is 11.0. The minimum absolute atomic E-state index is 0.305. The number of primary amides is 1. The van der Waals surface area contributed by atoms with Gasteiger partial charge in [0.25, 0.3) is 18.6 Å². The molecule has 0 bridgehead atoms. The summed E-state index contributed by atoms with van der Waals surface area (Å²) in [6.45, 7) is 1.15. The zero-order valence-corrected chi connectivity index (χ0v) is 12.1. The molecule has 1 aliphatic heterocycles. The molecular formula is C11H16N2O8P+3. The van der Waals surface area contributed by atoms with Crippen LogP contribution in [0.4, 0.5) is 0 Å². The van der Waals surface area contributed by atoms with Gasteiger partial charge in [0, 0.05) is 6.07 Å². The number of nitrogens with zero attached hydrogens (tertiary/aromatic N) is 1. The molecule has 0 saturated carbocycles. The van der Waals surface area contributed by atoms with Gasteiger partial charge in [0.15, 0.2) is 12.4 Å². The lowest BCUT2D eigenvalue weighted by atomic mass is 10.2. The van der Waals surface area contributed by atoms with Crippen LogP contribution in [0.3, 0.4) is 0 Å². The first-order valence-electron chi connectivity index (χ1n) is 5.80. The number of aliphatic hydroxyl groups excluding tert-OH is 2. The van der Waals surface area contributed by atoms with Crippen molar-refractivity contribution in [1.82, 2.24) is 0 Å². The fraction of sp³-hybridized carbons (Fsp3) is 0.273. The van der Waals surface area contributed by atoms with Crippen LogP contribution in [0.5, 0.6) is 0 Å². The van der Waals surface area contributed by atoms with E-state index < -0.39 is 32.2 Å². The number of pyridine rings is 1. The Kier molecular flexibility index (Phi) is 6.33. The van der Waals surface area contributed by atoms with Gasteiger partial charge in [-0.25, -0.2) is 4.57 Å². The second kappa shape index (κ2) is 7.56. The van der Waals surface area contributed by atoms with Crippen LogP contribution in [0.15, 0.2) is 24.5 Å². The molecule has 1 amide bonds. The predicted octanol–water partition coefficient (Wildman–Crippen LogP) is -1.63. The molecule has 1 saturated heterocycles. The van der Waals surface area contributed by atoms with Gasteiger partial charge in [-0.1, -0.05) is 4.52 Å². The average molecular weight is 335 g/mol. The van der Waals surface area contributed by atoms with Crippen molar-refractivity contribution in [2.45, 2.75) is 18.4 Å². The lowest BCUT2D eigenvalue weighted by molar-refractivity contribution is -0.763. The Morgan fingerprint density at radius 3 is 2.50 bits per heavy atom. The number of amides is 1. The van der Waals surface area contributed by atoms with Gasteiger partial charge in [-0.15, -0.1) is 4.74 Å². The van der Waals surface area contributed by atoms with Crippen LogP contribution in [0.2, 0.25) is 0 Å². The number of ether oxygens (including phenoxy) is 1. The summed E-state index contributed by atoms with van der Waals surface area (Å²) in [4.78, 5) is 26.3. The molecule has 0 spiro atoms. The first kappa shape index (κ1) is 18.4. The maximum absolute atomic E-state index is 11.0. The zero-order valence-electron chi connectivity index (χ0n) is 11.2. The molecule has 3 atom stereocenters. The molecule has 1 aliphatic rings. The molecule has 0 unspecified atom stereocenters. The minimum atomic E-state index is -4.26. The second-order valence-electron chi connectivity index (χ2n) is 4.17. The fourth-order valence-corrected chi connectivity index (χ4v) is 1.53. The van der Waals surface area contributed by atoms with Gasteiger partial charge in [-0.3, -0.25) is 4.79 Å². The number of carbonyl (C=O) groups excluding carboxylic acids is 1. The Labute approximate surface area is 126 Å². The first-order chi connectivity index (χ1) is 10.2. The number of phosphoric acid groups is 1. The van der Waals surface area contributed by atoms with Crippen molar-refractivity contribution in [3.63, 3.8) is 0 Å². The minimum Gasteiger partial charge on any atom is -0.377 e. The fourth-order valence-electron chi connectivity index (χ4n) is 1.53. The quantitative estimate of drug-likeness (QED) is 0.250. The highest BCUT2D eigenvalue weighted by Crippen LogP contribution is 2.34. The average Bonchev–Trinajstić information content (AvgIpc) is 2.79. The van der Waals surface area contributed by atoms with Crippen molar-refractivity contribution in [2.75, 3.05) is 0 Å². The summed E-state index contributed by atoms with van der Waals surface area (Å²) >= 11 is 0. The van der Waals surface area contributed by atoms with E-state index in [4.69, 9.17) is 20.3 Å². The molecule has 0 aliphatic carbocycles. The van der Waals surface area contributed by atoms with Crippen LogP contribution >= 0.6 is 7.82 Å². The molecule has 22 heavy (non-hydrogen) atoms. The van der Waals surface area contributed by atoms with Gasteiger partial charge < -0.3 is 25.7 Å². The molecule has 2 heterocycles. The summed E-state index contributed by atoms with van der Waals surface area (Å²) in [6, 6.07) is 3.17. The van der Waals surface area contributed by atoms with E-state index in [-0.39, 0.29) is 0 Å². The molecule has 1 aromatic rings. The number of aromatic nitrogens is 1. The third-order valence-corrected chi connectivity index (χ3v) is 2.90. The Balaban J connectivity index is 0.000000346. The van der Waals surface area contributed by atoms with E-state index in [0.717, 1.165) is 6.61 Å². The van der Waals surface area contributed by atoms with Crippen molar-refractivity contribution in [2.24, 2.45) is 5.73 Å². The summed E-state index contributed by atoms with van der Waals surface area (Å²) in [5, 5.41) is 18.9. The summed E-state index contributed by atoms with van der Waals surface area (Å²) in [5.74, 6) is -0.564. The van der Waals surface area contributed by atoms with Crippen LogP contribution in [0, 0.1) is 13.7 Å². The second-order valence-corrected chi connectivity index (χ2v) is 5.41. The number of nitrogens with two attached hydrogens (primary N) is 1. The SMILES string of the molecule is NC(=O)c1ccc[n+]([C@@H]2O[CH+][C@@H](O)[C@H]2O)c1.[CH2+]OP(=O)(O)O. The van der Waals surface area contributed by atoms with Crippen molar-refractivity contribution < 1.29 is 43.2 Å². The van der Waals surface area contributed by atoms with Crippen molar-refractivity contribution in [3.05, 3.63) is 43.8 Å². The molecule has 6 N–H and O–H groups in total. The maximum Gasteiger partial charge on any atom is 0.509 e. The molecule has 1 aromatic heterocycles. The van der Waals surface area contributed by atoms with Gasteiger partial charge >= 0.3 is 14.1 Å². The van der Waals surface area contributed by atoms with Gasteiger partial charge in [-0.2, -0.15) is 4.57 Å². The number of aliphatic hydroxyl groups is 2. The molecule has 120 valence electrons. The van der Waals surface area contributed by atoms with E-state index in [1.54, 1.807) is 18.3 Å². The van der Waals surface area contributed by atoms with Crippen LogP contribution in [-0.2, 0) is 13.8 Å². The lowest BCUT2D eigenvalue weighted by Crippen LogP contribution is -2.46. The highest BCUT2D eigenvalue weighted by atomic mass is 31.2. The monoisotopic (exact) mass is 335 g/mol. The molecule has 10 nitrogen and oxygen atoms in total. The number of hydrogen-bond donors (Lipinski definition) is 5. The van der Waals surface area contributed by atoms with Crippen LogP contribution in [-0.4, -0.2) is 38.1 Å². The Hall–Kier alpha value is -1.65. The standard InChI is InChI=1S/C10H11N2O4.CH3O4P/c11-9(15)6-2-1-3-12(4-6)10-8(14)7(13)5-16-10;1-5-6(2,3)4/h1-5,7-8,10,13-14H,(H-,11,15);1H2,(H-,2,3,4)/q+1;/p+2/t7-,8-,10-;/m1./s1. The van der Waals surface area contributed by atoms with Gasteiger partial charge in [0.1, 0.15) is 5.56 Å². The number of carbonyl (C=O) groups is 1. The highest BCUT2D eigenvalue weighted by Gasteiger charge is 2.50. The van der Waals surface area contributed by atoms with Gasteiger partial charge in [0.05, 0.1) is 0 Å². The third kappa shape index (κ3) is 5.28. The largest absolute Gasteiger partial charge is 0.509 e. The Bertz CT molecular complexity index is 563. The molecule has 1 fully saturated rings. The molecular weight excluding hydrogens is 319 g/mol. The van der Waals surface area contributed by atoms with Gasteiger partial charge in [0.2, 0.25) is 13.2 Å². The number of hydrogen-bond acceptors (Lipinski definition) is 6. The van der Waals surface area contributed by atoms with E-state index in [1.807, 2.05) is 0 Å². The third-order valence-electron chi connectivity index (χ3n) is 2.57. The van der Waals surface area contributed by atoms with E-state index in [0.29, 0.717) is 5.56 Å². The number of rotatable bonds is 3. The van der Waals surface area contributed by atoms with E-state index in [9.17, 15) is 19.6 Å². The van der Waals surface area contributed by atoms with E-state index >= 15 is 0 Å². The van der Waals surface area contributed by atoms with E-state index in [2.05, 4.69) is 11.6 Å². The first-order valence-corrected chi connectivity index (χ1v) is 7.33. The Morgan fingerprint density at radius 1 is 1.50 bits per heavy atom. The highest BCUT2D eigenvalue weighted by molar-refractivity contribution is 7.46. The molecule has 0 radical (unpaired) electrons. The molecule has 11 heteroatoms. The molecule has 2 rings (SSSR count). The van der Waals surface area contributed by atoms with Crippen molar-refractivity contribution in [1.29, 1.82) is 0 Å². The lowest BCUT2D eigenvalue weighted by Gasteiger charge is -2.05. The smallest absolute Gasteiger partial charge is 0.377 e. The summed E-state index contributed by atoms with van der Waals surface area (Å²) < 4.78 is 19.3. The normalized spacial score (nSPS) is 24.1. The predicted molar refractivity (Wildman–Crippen MR) is 70.1 cm³/mol.